The Bertz CT molecular complexity index is 907. The van der Waals surface area contributed by atoms with Gasteiger partial charge in [-0.25, -0.2) is 9.36 Å². The van der Waals surface area contributed by atoms with Crippen LogP contribution in [-0.2, 0) is 22.9 Å². The van der Waals surface area contributed by atoms with Crippen LogP contribution in [0.5, 0.6) is 0 Å². The zero-order chi connectivity index (χ0) is 23.6. The molecule has 1 aliphatic rings. The lowest BCUT2D eigenvalue weighted by Crippen LogP contribution is -2.33. The van der Waals surface area contributed by atoms with Crippen LogP contribution >= 0.6 is 77.4 Å². The predicted octanol–water partition coefficient (Wildman–Crippen LogP) is 3.39. The van der Waals surface area contributed by atoms with Crippen molar-refractivity contribution in [3.8, 4) is 0 Å². The van der Waals surface area contributed by atoms with E-state index in [1.165, 1.54) is 13.1 Å². The molecule has 0 aliphatic carbocycles. The van der Waals surface area contributed by atoms with Crippen molar-refractivity contribution >= 4 is 77.4 Å². The first-order valence-corrected chi connectivity index (χ1v) is 12.1. The van der Waals surface area contributed by atoms with Crippen LogP contribution in [0, 0.1) is 6.92 Å². The number of aryl methyl sites for hydroxylation is 1. The Hall–Kier alpha value is 0.450. The molecule has 0 aromatic carbocycles. The van der Waals surface area contributed by atoms with E-state index in [4.69, 9.17) is 87.9 Å². The van der Waals surface area contributed by atoms with Gasteiger partial charge < -0.3 is 9.84 Å². The molecule has 1 aromatic heterocycles. The number of aliphatic hydroxyl groups excluding tert-OH is 1. The molecule has 0 radical (unpaired) electrons. The van der Waals surface area contributed by atoms with Crippen LogP contribution in [0.15, 0.2) is 15.8 Å². The van der Waals surface area contributed by atoms with Gasteiger partial charge in [0.25, 0.3) is 5.56 Å². The number of phosphoric acid groups is 1. The molecule has 178 valence electrons. The maximum atomic E-state index is 12.8. The Morgan fingerprint density at radius 3 is 2.23 bits per heavy atom. The second-order valence-electron chi connectivity index (χ2n) is 6.43. The first-order chi connectivity index (χ1) is 14.1. The Kier molecular flexibility index (Phi) is 9.65. The van der Waals surface area contributed by atoms with E-state index in [1.54, 1.807) is 0 Å². The molecule has 1 saturated heterocycles. The lowest BCUT2D eigenvalue weighted by atomic mass is 10.2. The predicted molar refractivity (Wildman–Crippen MR) is 117 cm³/mol. The Morgan fingerprint density at radius 2 is 1.71 bits per heavy atom. The first kappa shape index (κ1) is 27.7. The van der Waals surface area contributed by atoms with Gasteiger partial charge in [-0.2, -0.15) is 0 Å². The number of aromatic nitrogens is 2. The molecule has 3 atom stereocenters. The fourth-order valence-corrected chi connectivity index (χ4v) is 4.46. The second-order valence-corrected chi connectivity index (χ2v) is 13.1. The summed E-state index contributed by atoms with van der Waals surface area (Å²) >= 11 is 33.5. The summed E-state index contributed by atoms with van der Waals surface area (Å²) in [6.07, 6.45) is -1.83. The number of hydrogen-bond acceptors (Lipinski definition) is 8. The number of hydrogen-bond donors (Lipinski definition) is 2. The minimum Gasteiger partial charge on any atom is -0.390 e. The number of rotatable bonds is 8. The van der Waals surface area contributed by atoms with Gasteiger partial charge in [0, 0.05) is 18.2 Å². The summed E-state index contributed by atoms with van der Waals surface area (Å²) in [6, 6.07) is 0. The monoisotopic (exact) mass is 582 g/mol. The molecule has 10 nitrogen and oxygen atoms in total. The lowest BCUT2D eigenvalue weighted by Gasteiger charge is -2.23. The van der Waals surface area contributed by atoms with Gasteiger partial charge in [0.2, 0.25) is 7.59 Å². The zero-order valence-corrected chi connectivity index (χ0v) is 21.0. The SMILES string of the molecule is Cc1cn([C@H]2C[C@H](O)[C@@H](COP(=O)(OCC(Cl)(Cl)Cl)OCC(Cl)(Cl)Cl)O2)c(=O)[nH]c1=O. The molecule has 2 rings (SSSR count). The highest BCUT2D eigenvalue weighted by atomic mass is 35.6. The third-order valence-corrected chi connectivity index (χ3v) is 5.84. The summed E-state index contributed by atoms with van der Waals surface area (Å²) in [5, 5.41) is 10.3. The smallest absolute Gasteiger partial charge is 0.390 e. The number of aromatic amines is 1. The van der Waals surface area contributed by atoms with Gasteiger partial charge in [-0.3, -0.25) is 27.9 Å². The van der Waals surface area contributed by atoms with E-state index in [0.717, 1.165) is 4.57 Å². The maximum absolute atomic E-state index is 12.8. The van der Waals surface area contributed by atoms with Crippen molar-refractivity contribution in [3.63, 3.8) is 0 Å². The molecule has 0 amide bonds. The van der Waals surface area contributed by atoms with Crippen molar-refractivity contribution in [2.75, 3.05) is 19.8 Å². The van der Waals surface area contributed by atoms with Crippen molar-refractivity contribution in [3.05, 3.63) is 32.6 Å². The highest BCUT2D eigenvalue weighted by Crippen LogP contribution is 2.53. The van der Waals surface area contributed by atoms with Crippen LogP contribution in [0.25, 0.3) is 0 Å². The number of aliphatic hydroxyl groups is 1. The van der Waals surface area contributed by atoms with Crippen molar-refractivity contribution in [1.82, 2.24) is 9.55 Å². The molecule has 17 heteroatoms. The van der Waals surface area contributed by atoms with E-state index in [-0.39, 0.29) is 12.0 Å². The summed E-state index contributed by atoms with van der Waals surface area (Å²) in [5.41, 5.74) is -1.00. The van der Waals surface area contributed by atoms with Crippen molar-refractivity contribution in [1.29, 1.82) is 0 Å². The average Bonchev–Trinajstić information content (AvgIpc) is 2.99. The van der Waals surface area contributed by atoms with Crippen LogP contribution in [0.1, 0.15) is 18.2 Å². The standard InChI is InChI=1S/C14H17Cl6N2O8P/c1-7-3-22(12(25)21-11(7)24)10-2-8(23)9(30-10)4-27-31(26,28-5-13(15,16)17)29-6-14(18,19)20/h3,8-10,23H,2,4-6H2,1H3,(H,21,24,25)/t8-,9+,10+/m0/s1. The number of ether oxygens (including phenoxy) is 1. The fraction of sp³-hybridized carbons (Fsp3) is 0.714. The molecule has 31 heavy (non-hydrogen) atoms. The maximum Gasteiger partial charge on any atom is 0.475 e. The van der Waals surface area contributed by atoms with Crippen LogP contribution in [0.2, 0.25) is 0 Å². The largest absolute Gasteiger partial charge is 0.475 e. The molecule has 1 fully saturated rings. The minimum absolute atomic E-state index is 0.0201. The summed E-state index contributed by atoms with van der Waals surface area (Å²) in [7, 11) is -4.42. The van der Waals surface area contributed by atoms with E-state index in [0.29, 0.717) is 0 Å². The quantitative estimate of drug-likeness (QED) is 0.351. The van der Waals surface area contributed by atoms with Gasteiger partial charge in [-0.1, -0.05) is 69.6 Å². The Morgan fingerprint density at radius 1 is 1.16 bits per heavy atom. The number of nitrogens with zero attached hydrogens (tertiary/aromatic N) is 1. The van der Waals surface area contributed by atoms with E-state index < -0.39 is 64.9 Å². The van der Waals surface area contributed by atoms with Gasteiger partial charge in [0.1, 0.15) is 25.5 Å². The minimum atomic E-state index is -4.42. The number of H-pyrrole nitrogens is 1. The molecular weight excluding hydrogens is 568 g/mol. The third-order valence-electron chi connectivity index (χ3n) is 3.83. The first-order valence-electron chi connectivity index (χ1n) is 8.41. The molecule has 0 unspecified atom stereocenters. The van der Waals surface area contributed by atoms with Crippen molar-refractivity contribution in [2.24, 2.45) is 0 Å². The molecule has 0 bridgehead atoms. The van der Waals surface area contributed by atoms with E-state index in [2.05, 4.69) is 4.98 Å². The molecule has 1 aromatic rings. The molecule has 0 saturated carbocycles. The van der Waals surface area contributed by atoms with Gasteiger partial charge in [-0.05, 0) is 6.92 Å². The molecule has 1 aliphatic heterocycles. The number of phosphoric ester groups is 1. The lowest BCUT2D eigenvalue weighted by molar-refractivity contribution is -0.0481. The van der Waals surface area contributed by atoms with Gasteiger partial charge in [0.05, 0.1) is 12.7 Å². The molecular formula is C14H17Cl6N2O8P. The van der Waals surface area contributed by atoms with E-state index in [1.807, 2.05) is 0 Å². The summed E-state index contributed by atoms with van der Waals surface area (Å²) < 4.78 is 30.7. The summed E-state index contributed by atoms with van der Waals surface area (Å²) in [5.74, 6) is 0. The normalized spacial score (nSPS) is 22.8. The Balaban J connectivity index is 2.08. The van der Waals surface area contributed by atoms with Crippen molar-refractivity contribution in [2.45, 2.75) is 39.4 Å². The number of nitrogens with one attached hydrogen (secondary N) is 1. The summed E-state index contributed by atoms with van der Waals surface area (Å²) in [6.45, 7) is -0.373. The van der Waals surface area contributed by atoms with Gasteiger partial charge in [-0.15, -0.1) is 0 Å². The van der Waals surface area contributed by atoms with E-state index in [9.17, 15) is 19.3 Å². The average molecular weight is 585 g/mol. The van der Waals surface area contributed by atoms with Crippen LogP contribution in [-0.4, -0.2) is 54.3 Å². The fourth-order valence-electron chi connectivity index (χ4n) is 2.42. The third kappa shape index (κ3) is 8.96. The van der Waals surface area contributed by atoms with Crippen LogP contribution in [0.4, 0.5) is 0 Å². The molecule has 2 N–H and O–H groups in total. The van der Waals surface area contributed by atoms with Gasteiger partial charge in [0.15, 0.2) is 0 Å². The highest BCUT2D eigenvalue weighted by Gasteiger charge is 2.40. The van der Waals surface area contributed by atoms with Crippen molar-refractivity contribution < 1.29 is 28.0 Å². The van der Waals surface area contributed by atoms with Crippen LogP contribution in [0.3, 0.4) is 0 Å². The number of halogens is 6. The molecule has 0 spiro atoms. The highest BCUT2D eigenvalue weighted by molar-refractivity contribution is 7.48. The van der Waals surface area contributed by atoms with Crippen LogP contribution < -0.4 is 11.2 Å². The number of alkyl halides is 6. The van der Waals surface area contributed by atoms with Gasteiger partial charge >= 0.3 is 13.5 Å². The zero-order valence-electron chi connectivity index (χ0n) is 15.6. The van der Waals surface area contributed by atoms with E-state index >= 15 is 0 Å². The molecule has 2 heterocycles. The Labute approximate surface area is 206 Å². The summed E-state index contributed by atoms with van der Waals surface area (Å²) in [4.78, 5) is 25.7. The second kappa shape index (κ2) is 10.8. The topological polar surface area (TPSA) is 129 Å².